The van der Waals surface area contributed by atoms with E-state index < -0.39 is 44.2 Å². The van der Waals surface area contributed by atoms with Crippen LogP contribution in [0.3, 0.4) is 0 Å². The van der Waals surface area contributed by atoms with Crippen molar-refractivity contribution in [3.63, 3.8) is 0 Å². The van der Waals surface area contributed by atoms with Crippen LogP contribution >= 0.6 is 0 Å². The van der Waals surface area contributed by atoms with Crippen LogP contribution in [-0.4, -0.2) is 74.8 Å². The second-order valence-electron chi connectivity index (χ2n) is 9.27. The maximum atomic E-state index is 14.2. The molecule has 2 aromatic carbocycles. The first-order chi connectivity index (χ1) is 20.4. The molecule has 0 fully saturated rings. The fourth-order valence-electron chi connectivity index (χ4n) is 3.71. The predicted octanol–water partition coefficient (Wildman–Crippen LogP) is 4.61. The van der Waals surface area contributed by atoms with Crippen LogP contribution in [0, 0.1) is 11.6 Å². The predicted molar refractivity (Wildman–Crippen MR) is 158 cm³/mol. The Hall–Kier alpha value is -4.53. The van der Waals surface area contributed by atoms with Crippen molar-refractivity contribution in [1.29, 1.82) is 0 Å². The molecular formula is C28H34F2N6O6S. The molecule has 43 heavy (non-hydrogen) atoms. The van der Waals surface area contributed by atoms with Gasteiger partial charge in [-0.05, 0) is 38.1 Å². The number of esters is 1. The number of carbonyl (C=O) groups is 2. The molecule has 0 aliphatic carbocycles. The van der Waals surface area contributed by atoms with E-state index in [1.54, 1.807) is 19.1 Å². The van der Waals surface area contributed by atoms with Crippen molar-refractivity contribution in [2.24, 2.45) is 0 Å². The van der Waals surface area contributed by atoms with E-state index in [-0.39, 0.29) is 41.7 Å². The van der Waals surface area contributed by atoms with Gasteiger partial charge in [0.1, 0.15) is 16.5 Å². The lowest BCUT2D eigenvalue weighted by atomic mass is 10.2. The number of anilines is 4. The van der Waals surface area contributed by atoms with E-state index in [0.29, 0.717) is 25.1 Å². The van der Waals surface area contributed by atoms with Crippen molar-refractivity contribution in [2.75, 3.05) is 55.0 Å². The Labute approximate surface area is 248 Å². The average molecular weight is 621 g/mol. The van der Waals surface area contributed by atoms with Crippen LogP contribution < -0.4 is 25.0 Å². The van der Waals surface area contributed by atoms with Crippen molar-refractivity contribution < 1.29 is 36.3 Å². The number of para-hydroxylation sites is 1. The molecule has 1 aromatic heterocycles. The Morgan fingerprint density at radius 1 is 1.00 bits per heavy atom. The molecule has 15 heteroatoms. The van der Waals surface area contributed by atoms with Crippen LogP contribution in [0.25, 0.3) is 0 Å². The van der Waals surface area contributed by atoms with Crippen LogP contribution in [-0.2, 0) is 14.6 Å². The molecule has 0 aliphatic heterocycles. The number of hydrogen-bond donors (Lipinski definition) is 2. The minimum Gasteiger partial charge on any atom is -0.420 e. The first-order valence-electron chi connectivity index (χ1n) is 13.4. The quantitative estimate of drug-likeness (QED) is 0.157. The third-order valence-corrected chi connectivity index (χ3v) is 7.78. The van der Waals surface area contributed by atoms with E-state index in [4.69, 9.17) is 9.47 Å². The van der Waals surface area contributed by atoms with E-state index in [9.17, 15) is 26.8 Å². The number of carbonyl (C=O) groups excluding carboxylic acids is 2. The lowest BCUT2D eigenvalue weighted by Gasteiger charge is -2.22. The summed E-state index contributed by atoms with van der Waals surface area (Å²) in [7, 11) is -1.11. The molecular weight excluding hydrogens is 586 g/mol. The van der Waals surface area contributed by atoms with Crippen molar-refractivity contribution in [3.8, 4) is 11.5 Å². The first kappa shape index (κ1) is 33.0. The van der Waals surface area contributed by atoms with Crippen LogP contribution in [0.1, 0.15) is 27.2 Å². The normalized spacial score (nSPS) is 11.0. The molecule has 3 aromatic rings. The molecule has 0 radical (unpaired) electrons. The fourth-order valence-corrected chi connectivity index (χ4v) is 4.93. The van der Waals surface area contributed by atoms with Crippen molar-refractivity contribution in [2.45, 2.75) is 32.1 Å². The third-order valence-electron chi connectivity index (χ3n) is 6.04. The number of amides is 1. The summed E-state index contributed by atoms with van der Waals surface area (Å²) < 4.78 is 63.9. The molecule has 1 heterocycles. The van der Waals surface area contributed by atoms with E-state index in [2.05, 4.69) is 20.6 Å². The molecule has 0 spiro atoms. The number of nitrogens with one attached hydrogen (secondary N) is 2. The van der Waals surface area contributed by atoms with Gasteiger partial charge in [-0.25, -0.2) is 27.0 Å². The molecule has 0 bridgehead atoms. The zero-order valence-electron chi connectivity index (χ0n) is 24.5. The molecule has 0 saturated heterocycles. The average Bonchev–Trinajstić information content (AvgIpc) is 2.95. The van der Waals surface area contributed by atoms with Crippen LogP contribution in [0.2, 0.25) is 0 Å². The molecule has 3 rings (SSSR count). The summed E-state index contributed by atoms with van der Waals surface area (Å²) >= 11 is 0. The summed E-state index contributed by atoms with van der Waals surface area (Å²) in [4.78, 5) is 36.0. The van der Waals surface area contributed by atoms with Crippen LogP contribution in [0.5, 0.6) is 11.5 Å². The highest BCUT2D eigenvalue weighted by molar-refractivity contribution is 7.91. The lowest BCUT2D eigenvalue weighted by molar-refractivity contribution is -0.134. The lowest BCUT2D eigenvalue weighted by Crippen LogP contribution is -2.26. The summed E-state index contributed by atoms with van der Waals surface area (Å²) in [6.07, 6.45) is 0.796. The first-order valence-corrected chi connectivity index (χ1v) is 15.1. The Kier molecular flexibility index (Phi) is 11.2. The molecule has 232 valence electrons. The standard InChI is InChI=1S/C28H34F2N6O6S/c1-6-24(37)42-25-20(10-9-11-22(25)41-28(38)35(4)5)33-26-21(17-32-27(34-26)36(7-2)8-3)31-14-15-43(39,40)23-13-12-18(29)16-19(23)30/h9-13,16-17,31H,6-8,14-15H2,1-5H3,(H,32,33,34). The van der Waals surface area contributed by atoms with Gasteiger partial charge in [-0.2, -0.15) is 4.98 Å². The summed E-state index contributed by atoms with van der Waals surface area (Å²) in [5.41, 5.74) is 0.494. The molecule has 2 N–H and O–H groups in total. The SMILES string of the molecule is CCC(=O)Oc1c(Nc2nc(N(CC)CC)ncc2NCCS(=O)(=O)c2ccc(F)cc2F)cccc1OC(=O)N(C)C. The van der Waals surface area contributed by atoms with Gasteiger partial charge in [-0.15, -0.1) is 0 Å². The monoisotopic (exact) mass is 620 g/mol. The van der Waals surface area contributed by atoms with Crippen molar-refractivity contribution >= 4 is 45.0 Å². The zero-order chi connectivity index (χ0) is 31.7. The van der Waals surface area contributed by atoms with Gasteiger partial charge in [0.05, 0.1) is 23.3 Å². The highest BCUT2D eigenvalue weighted by atomic mass is 32.2. The van der Waals surface area contributed by atoms with E-state index in [0.717, 1.165) is 12.1 Å². The maximum Gasteiger partial charge on any atom is 0.414 e. The second kappa shape index (κ2) is 14.6. The number of hydrogen-bond acceptors (Lipinski definition) is 11. The molecule has 0 aliphatic rings. The van der Waals surface area contributed by atoms with E-state index >= 15 is 0 Å². The van der Waals surface area contributed by atoms with Gasteiger partial charge in [0.2, 0.25) is 5.95 Å². The summed E-state index contributed by atoms with van der Waals surface area (Å²) in [6, 6.07) is 6.88. The smallest absolute Gasteiger partial charge is 0.414 e. The molecule has 12 nitrogen and oxygen atoms in total. The summed E-state index contributed by atoms with van der Waals surface area (Å²) in [6.45, 7) is 6.48. The number of aromatic nitrogens is 2. The summed E-state index contributed by atoms with van der Waals surface area (Å²) in [5.74, 6) is -2.72. The van der Waals surface area contributed by atoms with E-state index in [1.807, 2.05) is 18.7 Å². The van der Waals surface area contributed by atoms with Gasteiger partial charge in [0, 0.05) is 46.2 Å². The molecule has 1 amide bonds. The van der Waals surface area contributed by atoms with Gasteiger partial charge in [-0.3, -0.25) is 4.79 Å². The van der Waals surface area contributed by atoms with Gasteiger partial charge in [-0.1, -0.05) is 13.0 Å². The Balaban J connectivity index is 1.98. The number of ether oxygens (including phenoxy) is 2. The van der Waals surface area contributed by atoms with Crippen LogP contribution in [0.4, 0.5) is 36.7 Å². The van der Waals surface area contributed by atoms with Gasteiger partial charge in [0.25, 0.3) is 0 Å². The Morgan fingerprint density at radius 2 is 1.72 bits per heavy atom. The number of sulfone groups is 1. The minimum absolute atomic E-state index is 0.0227. The molecule has 0 saturated carbocycles. The topological polar surface area (TPSA) is 143 Å². The Bertz CT molecular complexity index is 1570. The zero-order valence-corrected chi connectivity index (χ0v) is 25.3. The van der Waals surface area contributed by atoms with E-state index in [1.165, 1.54) is 31.3 Å². The van der Waals surface area contributed by atoms with Gasteiger partial charge in [0.15, 0.2) is 27.2 Å². The minimum atomic E-state index is -4.11. The van der Waals surface area contributed by atoms with Crippen molar-refractivity contribution in [3.05, 3.63) is 54.2 Å². The van der Waals surface area contributed by atoms with Crippen LogP contribution in [0.15, 0.2) is 47.5 Å². The third kappa shape index (κ3) is 8.50. The molecule has 0 unspecified atom stereocenters. The Morgan fingerprint density at radius 3 is 2.35 bits per heavy atom. The highest BCUT2D eigenvalue weighted by Crippen LogP contribution is 2.39. The number of halogens is 2. The van der Waals surface area contributed by atoms with Gasteiger partial charge < -0.3 is 29.9 Å². The maximum absolute atomic E-state index is 14.2. The van der Waals surface area contributed by atoms with Crippen molar-refractivity contribution in [1.82, 2.24) is 14.9 Å². The number of benzene rings is 2. The van der Waals surface area contributed by atoms with Gasteiger partial charge >= 0.3 is 12.1 Å². The summed E-state index contributed by atoms with van der Waals surface area (Å²) in [5, 5.41) is 6.02. The molecule has 0 atom stereocenters. The second-order valence-corrected chi connectivity index (χ2v) is 11.4. The number of rotatable bonds is 13. The number of nitrogens with zero attached hydrogens (tertiary/aromatic N) is 4. The fraction of sp³-hybridized carbons (Fsp3) is 0.357. The highest BCUT2D eigenvalue weighted by Gasteiger charge is 2.22. The largest absolute Gasteiger partial charge is 0.420 e.